The molecule has 28 heavy (non-hydrogen) atoms. The van der Waals surface area contributed by atoms with Crippen molar-refractivity contribution < 1.29 is 13.9 Å². The average Bonchev–Trinajstić information content (AvgIpc) is 3.27. The van der Waals surface area contributed by atoms with Crippen molar-refractivity contribution >= 4 is 11.7 Å². The van der Waals surface area contributed by atoms with Crippen LogP contribution in [0.5, 0.6) is 0 Å². The van der Waals surface area contributed by atoms with E-state index in [1.807, 2.05) is 24.3 Å². The Balaban J connectivity index is 1.65. The highest BCUT2D eigenvalue weighted by molar-refractivity contribution is 5.98. The first-order chi connectivity index (χ1) is 13.7. The van der Waals surface area contributed by atoms with Crippen LogP contribution >= 0.6 is 0 Å². The smallest absolute Gasteiger partial charge is 0.337 e. The Morgan fingerprint density at radius 1 is 0.964 bits per heavy atom. The largest absolute Gasteiger partial charge is 0.456 e. The molecule has 0 amide bonds. The molecule has 0 aromatic heterocycles. The molecular formula is C24H16FNO2. The molecule has 136 valence electrons. The predicted octanol–water partition coefficient (Wildman–Crippen LogP) is 4.77. The molecule has 1 atom stereocenters. The Bertz CT molecular complexity index is 1210. The number of halogens is 1. The first-order valence-electron chi connectivity index (χ1n) is 9.38. The number of hydrogen-bond acceptors (Lipinski definition) is 3. The van der Waals surface area contributed by atoms with E-state index in [2.05, 4.69) is 23.5 Å². The maximum absolute atomic E-state index is 14.9. The summed E-state index contributed by atoms with van der Waals surface area (Å²) >= 11 is 0. The van der Waals surface area contributed by atoms with Crippen molar-refractivity contribution in [1.29, 1.82) is 0 Å². The summed E-state index contributed by atoms with van der Waals surface area (Å²) in [6.45, 7) is 0.204. The second-order valence-corrected chi connectivity index (χ2v) is 7.43. The van der Waals surface area contributed by atoms with E-state index < -0.39 is 5.92 Å². The quantitative estimate of drug-likeness (QED) is 0.492. The average molecular weight is 369 g/mol. The molecule has 3 aromatic carbocycles. The van der Waals surface area contributed by atoms with E-state index in [0.717, 1.165) is 34.5 Å². The van der Waals surface area contributed by atoms with Gasteiger partial charge in [-0.25, -0.2) is 9.18 Å². The number of benzene rings is 3. The van der Waals surface area contributed by atoms with Crippen LogP contribution in [-0.4, -0.2) is 12.6 Å². The minimum Gasteiger partial charge on any atom is -0.456 e. The van der Waals surface area contributed by atoms with Gasteiger partial charge in [0.05, 0.1) is 11.3 Å². The molecule has 0 bridgehead atoms. The molecule has 4 heteroatoms. The molecular weight excluding hydrogens is 353 g/mol. The zero-order valence-corrected chi connectivity index (χ0v) is 15.0. The van der Waals surface area contributed by atoms with Crippen molar-refractivity contribution in [3.05, 3.63) is 100 Å². The lowest BCUT2D eigenvalue weighted by Gasteiger charge is -2.29. The number of nitrogens with one attached hydrogen (secondary N) is 1. The van der Waals surface area contributed by atoms with E-state index in [9.17, 15) is 9.18 Å². The fourth-order valence-electron chi connectivity index (χ4n) is 4.81. The summed E-state index contributed by atoms with van der Waals surface area (Å²) in [4.78, 5) is 12.6. The Morgan fingerprint density at radius 2 is 1.79 bits per heavy atom. The third-order valence-electron chi connectivity index (χ3n) is 6.00. The summed E-state index contributed by atoms with van der Waals surface area (Å²) in [5.74, 6) is -1.14. The summed E-state index contributed by atoms with van der Waals surface area (Å²) in [6.07, 6.45) is 0.777. The molecule has 0 spiro atoms. The number of anilines is 1. The van der Waals surface area contributed by atoms with Gasteiger partial charge in [0.15, 0.2) is 0 Å². The van der Waals surface area contributed by atoms with E-state index in [0.29, 0.717) is 11.1 Å². The zero-order chi connectivity index (χ0) is 18.8. The van der Waals surface area contributed by atoms with Crippen LogP contribution in [-0.2, 0) is 16.0 Å². The Kier molecular flexibility index (Phi) is 3.10. The summed E-state index contributed by atoms with van der Waals surface area (Å²) in [6, 6.07) is 19.2. The van der Waals surface area contributed by atoms with Crippen LogP contribution in [0.4, 0.5) is 10.1 Å². The monoisotopic (exact) mass is 369 g/mol. The number of rotatable bonds is 1. The topological polar surface area (TPSA) is 38.3 Å². The molecule has 1 N–H and O–H groups in total. The van der Waals surface area contributed by atoms with Gasteiger partial charge in [-0.2, -0.15) is 0 Å². The normalized spacial score (nSPS) is 18.8. The third-order valence-corrected chi connectivity index (χ3v) is 6.00. The molecule has 2 aliphatic heterocycles. The number of fused-ring (bicyclic) bond motifs is 5. The van der Waals surface area contributed by atoms with Crippen molar-refractivity contribution in [3.63, 3.8) is 0 Å². The van der Waals surface area contributed by atoms with Gasteiger partial charge in [0.25, 0.3) is 0 Å². The SMILES string of the molecule is O=C1OCC2=C1C(c1ccccc1F)c1c(ccc3c1Cc1ccccc1-3)N2. The van der Waals surface area contributed by atoms with Gasteiger partial charge in [0.1, 0.15) is 12.4 Å². The van der Waals surface area contributed by atoms with Gasteiger partial charge in [-0.15, -0.1) is 0 Å². The summed E-state index contributed by atoms with van der Waals surface area (Å²) in [7, 11) is 0. The first kappa shape index (κ1) is 15.6. The number of cyclic esters (lactones) is 1. The van der Waals surface area contributed by atoms with E-state index in [-0.39, 0.29) is 18.4 Å². The maximum Gasteiger partial charge on any atom is 0.337 e. The van der Waals surface area contributed by atoms with Crippen LogP contribution in [0.3, 0.4) is 0 Å². The number of ether oxygens (including phenoxy) is 1. The number of esters is 1. The summed E-state index contributed by atoms with van der Waals surface area (Å²) in [5, 5.41) is 3.38. The molecule has 0 fully saturated rings. The highest BCUT2D eigenvalue weighted by Gasteiger charge is 2.41. The van der Waals surface area contributed by atoms with Crippen molar-refractivity contribution in [2.45, 2.75) is 12.3 Å². The van der Waals surface area contributed by atoms with Crippen molar-refractivity contribution in [1.82, 2.24) is 0 Å². The Labute approximate surface area is 161 Å². The standard InChI is InChI=1S/C24H16FNO2/c25-18-8-4-3-7-16(18)22-21-17-11-13-5-1-2-6-14(13)15(17)9-10-19(21)26-20-12-28-24(27)23(20)22/h1-10,22,26H,11-12H2. The molecule has 3 aromatic rings. The highest BCUT2D eigenvalue weighted by Crippen LogP contribution is 2.51. The lowest BCUT2D eigenvalue weighted by molar-refractivity contribution is -0.136. The van der Waals surface area contributed by atoms with Crippen LogP contribution in [0.1, 0.15) is 28.2 Å². The van der Waals surface area contributed by atoms with Gasteiger partial charge in [0.2, 0.25) is 0 Å². The molecule has 3 aliphatic rings. The van der Waals surface area contributed by atoms with Crippen LogP contribution in [0.25, 0.3) is 11.1 Å². The van der Waals surface area contributed by atoms with E-state index in [1.165, 1.54) is 17.2 Å². The van der Waals surface area contributed by atoms with Crippen molar-refractivity contribution in [2.75, 3.05) is 11.9 Å². The second-order valence-electron chi connectivity index (χ2n) is 7.43. The Morgan fingerprint density at radius 3 is 2.68 bits per heavy atom. The molecule has 6 rings (SSSR count). The van der Waals surface area contributed by atoms with Gasteiger partial charge in [-0.3, -0.25) is 0 Å². The van der Waals surface area contributed by atoms with Crippen molar-refractivity contribution in [3.8, 4) is 11.1 Å². The molecule has 0 saturated carbocycles. The molecule has 2 heterocycles. The second kappa shape index (κ2) is 5.55. The van der Waals surface area contributed by atoms with E-state index in [1.54, 1.807) is 12.1 Å². The van der Waals surface area contributed by atoms with Gasteiger partial charge in [0, 0.05) is 17.2 Å². The van der Waals surface area contributed by atoms with Gasteiger partial charge in [-0.05, 0) is 46.4 Å². The minimum absolute atomic E-state index is 0.204. The zero-order valence-electron chi connectivity index (χ0n) is 15.0. The number of carbonyl (C=O) groups excluding carboxylic acids is 1. The van der Waals surface area contributed by atoms with Crippen LogP contribution in [0.15, 0.2) is 71.9 Å². The molecule has 1 unspecified atom stereocenters. The molecule has 1 aliphatic carbocycles. The lowest BCUT2D eigenvalue weighted by Crippen LogP contribution is -2.22. The molecule has 3 nitrogen and oxygen atoms in total. The number of hydrogen-bond donors (Lipinski definition) is 1. The van der Waals surface area contributed by atoms with Crippen LogP contribution in [0.2, 0.25) is 0 Å². The van der Waals surface area contributed by atoms with Gasteiger partial charge >= 0.3 is 5.97 Å². The van der Waals surface area contributed by atoms with E-state index >= 15 is 0 Å². The third kappa shape index (κ3) is 2.00. The molecule has 0 saturated heterocycles. The van der Waals surface area contributed by atoms with Crippen LogP contribution < -0.4 is 5.32 Å². The van der Waals surface area contributed by atoms with Crippen LogP contribution in [0, 0.1) is 5.82 Å². The highest BCUT2D eigenvalue weighted by atomic mass is 19.1. The summed E-state index contributed by atoms with van der Waals surface area (Å²) in [5.41, 5.74) is 8.48. The summed E-state index contributed by atoms with van der Waals surface area (Å²) < 4.78 is 20.2. The minimum atomic E-state index is -0.466. The first-order valence-corrected chi connectivity index (χ1v) is 9.38. The van der Waals surface area contributed by atoms with Crippen molar-refractivity contribution in [2.24, 2.45) is 0 Å². The fraction of sp³-hybridized carbons (Fsp3) is 0.125. The number of carbonyl (C=O) groups is 1. The molecule has 0 radical (unpaired) electrons. The Hall–Kier alpha value is -3.40. The van der Waals surface area contributed by atoms with Gasteiger partial charge in [-0.1, -0.05) is 48.5 Å². The predicted molar refractivity (Wildman–Crippen MR) is 105 cm³/mol. The van der Waals surface area contributed by atoms with E-state index in [4.69, 9.17) is 4.74 Å². The maximum atomic E-state index is 14.9. The fourth-order valence-corrected chi connectivity index (χ4v) is 4.81. The van der Waals surface area contributed by atoms with Gasteiger partial charge < -0.3 is 10.1 Å². The lowest BCUT2D eigenvalue weighted by atomic mass is 9.78.